The zero-order valence-corrected chi connectivity index (χ0v) is 14.8. The Kier molecular flexibility index (Phi) is 5.58. The van der Waals surface area contributed by atoms with Crippen LogP contribution >= 0.6 is 0 Å². The van der Waals surface area contributed by atoms with Crippen molar-refractivity contribution in [2.24, 2.45) is 10.7 Å². The third-order valence-electron chi connectivity index (χ3n) is 3.40. The third-order valence-corrected chi connectivity index (χ3v) is 4.82. The van der Waals surface area contributed by atoms with Gasteiger partial charge in [0.2, 0.25) is 10.0 Å². The topological polar surface area (TPSA) is 96.6 Å². The summed E-state index contributed by atoms with van der Waals surface area (Å²) in [5, 5.41) is 3.05. The lowest BCUT2D eigenvalue weighted by molar-refractivity contribution is 0.588. The van der Waals surface area contributed by atoms with Gasteiger partial charge in [-0.05, 0) is 61.9 Å². The average Bonchev–Trinajstić information content (AvgIpc) is 2.52. The minimum Gasteiger partial charge on any atom is -0.370 e. The highest BCUT2D eigenvalue weighted by Crippen LogP contribution is 2.14. The molecule has 0 heterocycles. The van der Waals surface area contributed by atoms with Gasteiger partial charge in [0, 0.05) is 5.69 Å². The quantitative estimate of drug-likeness (QED) is 0.571. The maximum atomic E-state index is 11.8. The Labute approximate surface area is 142 Å². The number of rotatable bonds is 5. The van der Waals surface area contributed by atoms with Crippen LogP contribution in [0.4, 0.5) is 5.69 Å². The van der Waals surface area contributed by atoms with Crippen LogP contribution < -0.4 is 15.8 Å². The minimum atomic E-state index is -3.46. The molecule has 0 atom stereocenters. The van der Waals surface area contributed by atoms with Crippen molar-refractivity contribution in [3.8, 4) is 0 Å². The van der Waals surface area contributed by atoms with E-state index in [1.807, 2.05) is 32.0 Å². The van der Waals surface area contributed by atoms with Crippen LogP contribution in [0, 0.1) is 13.8 Å². The number of aryl methyl sites for hydroxylation is 2. The molecule has 0 spiro atoms. The lowest BCUT2D eigenvalue weighted by Crippen LogP contribution is -2.22. The maximum Gasteiger partial charge on any atom is 0.240 e. The van der Waals surface area contributed by atoms with Crippen LogP contribution in [0.2, 0.25) is 0 Å². The predicted molar refractivity (Wildman–Crippen MR) is 97.6 cm³/mol. The summed E-state index contributed by atoms with van der Waals surface area (Å²) in [5.74, 6) is 0.280. The zero-order chi connectivity index (χ0) is 17.7. The second kappa shape index (κ2) is 7.46. The molecule has 0 bridgehead atoms. The molecule has 0 amide bonds. The van der Waals surface area contributed by atoms with Crippen LogP contribution in [0.5, 0.6) is 0 Å². The summed E-state index contributed by atoms with van der Waals surface area (Å²) in [5.41, 5.74) is 9.82. The van der Waals surface area contributed by atoms with E-state index in [1.54, 1.807) is 12.1 Å². The zero-order valence-electron chi connectivity index (χ0n) is 14.0. The number of benzene rings is 2. The Bertz CT molecular complexity index is 840. The molecular formula is C17H22N4O2S. The number of nitrogens with zero attached hydrogens (tertiary/aromatic N) is 1. The molecule has 0 aliphatic heterocycles. The van der Waals surface area contributed by atoms with E-state index < -0.39 is 10.0 Å². The fraction of sp³-hybridized carbons (Fsp3) is 0.235. The van der Waals surface area contributed by atoms with Crippen molar-refractivity contribution in [1.29, 1.82) is 0 Å². The first-order chi connectivity index (χ1) is 11.3. The average molecular weight is 346 g/mol. The fourth-order valence-corrected chi connectivity index (χ4v) is 3.14. The Morgan fingerprint density at radius 2 is 1.79 bits per heavy atom. The van der Waals surface area contributed by atoms with Gasteiger partial charge >= 0.3 is 0 Å². The number of nitrogens with two attached hydrogens (primary N) is 1. The van der Waals surface area contributed by atoms with Gasteiger partial charge in [-0.2, -0.15) is 0 Å². The lowest BCUT2D eigenvalue weighted by atomic mass is 10.1. The molecule has 0 aliphatic carbocycles. The van der Waals surface area contributed by atoms with Gasteiger partial charge in [0.05, 0.1) is 11.4 Å². The first-order valence-electron chi connectivity index (χ1n) is 7.48. The Balaban J connectivity index is 2.11. The van der Waals surface area contributed by atoms with Crippen LogP contribution in [-0.4, -0.2) is 21.4 Å². The van der Waals surface area contributed by atoms with E-state index in [0.717, 1.165) is 22.4 Å². The molecular weight excluding hydrogens is 324 g/mol. The first kappa shape index (κ1) is 18.0. The molecule has 2 rings (SSSR count). The Morgan fingerprint density at radius 1 is 1.12 bits per heavy atom. The van der Waals surface area contributed by atoms with Crippen molar-refractivity contribution in [2.75, 3.05) is 12.4 Å². The number of hydrogen-bond acceptors (Lipinski definition) is 3. The van der Waals surface area contributed by atoms with Gasteiger partial charge in [0.15, 0.2) is 5.96 Å². The van der Waals surface area contributed by atoms with Gasteiger partial charge in [-0.15, -0.1) is 0 Å². The van der Waals surface area contributed by atoms with Crippen molar-refractivity contribution in [3.63, 3.8) is 0 Å². The second-order valence-electron chi connectivity index (χ2n) is 5.56. The van der Waals surface area contributed by atoms with Gasteiger partial charge in [-0.3, -0.25) is 0 Å². The van der Waals surface area contributed by atoms with Crippen molar-refractivity contribution < 1.29 is 8.42 Å². The molecule has 2 aromatic carbocycles. The second-order valence-corrected chi connectivity index (χ2v) is 7.44. The molecule has 0 saturated carbocycles. The highest BCUT2D eigenvalue weighted by atomic mass is 32.2. The summed E-state index contributed by atoms with van der Waals surface area (Å²) >= 11 is 0. The smallest absolute Gasteiger partial charge is 0.240 e. The van der Waals surface area contributed by atoms with Crippen LogP contribution in [0.3, 0.4) is 0 Å². The maximum absolute atomic E-state index is 11.8. The summed E-state index contributed by atoms with van der Waals surface area (Å²) < 4.78 is 25.9. The van der Waals surface area contributed by atoms with E-state index in [1.165, 1.54) is 13.1 Å². The van der Waals surface area contributed by atoms with Gasteiger partial charge in [0.1, 0.15) is 0 Å². The van der Waals surface area contributed by atoms with Crippen LogP contribution in [0.25, 0.3) is 0 Å². The molecule has 0 saturated heterocycles. The summed E-state index contributed by atoms with van der Waals surface area (Å²) in [6, 6.07) is 12.7. The summed E-state index contributed by atoms with van der Waals surface area (Å²) in [6.07, 6.45) is 0. The molecule has 24 heavy (non-hydrogen) atoms. The standard InChI is InChI=1S/C17H22N4O2S/c1-12-7-13(2)9-15(8-12)21-17(18)20-11-14-5-4-6-16(10-14)24(22,23)19-3/h4-10,19H,11H2,1-3H3,(H3,18,20,21). The monoisotopic (exact) mass is 346 g/mol. The Morgan fingerprint density at radius 3 is 2.42 bits per heavy atom. The molecule has 0 aliphatic rings. The van der Waals surface area contributed by atoms with E-state index in [-0.39, 0.29) is 17.4 Å². The van der Waals surface area contributed by atoms with E-state index in [9.17, 15) is 8.42 Å². The lowest BCUT2D eigenvalue weighted by Gasteiger charge is -2.08. The largest absolute Gasteiger partial charge is 0.370 e. The van der Waals surface area contributed by atoms with E-state index in [4.69, 9.17) is 5.73 Å². The van der Waals surface area contributed by atoms with Gasteiger partial charge in [-0.1, -0.05) is 18.2 Å². The number of sulfonamides is 1. The highest BCUT2D eigenvalue weighted by Gasteiger charge is 2.11. The number of guanidine groups is 1. The highest BCUT2D eigenvalue weighted by molar-refractivity contribution is 7.89. The molecule has 4 N–H and O–H groups in total. The van der Waals surface area contributed by atoms with Crippen molar-refractivity contribution >= 4 is 21.7 Å². The summed E-state index contributed by atoms with van der Waals surface area (Å²) in [6.45, 7) is 4.31. The molecule has 0 unspecified atom stereocenters. The van der Waals surface area contributed by atoms with Crippen molar-refractivity contribution in [1.82, 2.24) is 4.72 Å². The minimum absolute atomic E-state index is 0.207. The first-order valence-corrected chi connectivity index (χ1v) is 8.96. The van der Waals surface area contributed by atoms with Gasteiger partial charge in [0.25, 0.3) is 0 Å². The normalized spacial score (nSPS) is 12.2. The van der Waals surface area contributed by atoms with E-state index in [2.05, 4.69) is 21.1 Å². The van der Waals surface area contributed by atoms with Gasteiger partial charge < -0.3 is 11.1 Å². The SMILES string of the molecule is CNS(=O)(=O)c1cccc(CN=C(N)Nc2cc(C)cc(C)c2)c1. The molecule has 7 heteroatoms. The van der Waals surface area contributed by atoms with E-state index >= 15 is 0 Å². The molecule has 128 valence electrons. The fourth-order valence-electron chi connectivity index (χ4n) is 2.34. The number of nitrogens with one attached hydrogen (secondary N) is 2. The van der Waals surface area contributed by atoms with Gasteiger partial charge in [-0.25, -0.2) is 18.1 Å². The number of aliphatic imine (C=N–C) groups is 1. The van der Waals surface area contributed by atoms with Crippen LogP contribution in [0.1, 0.15) is 16.7 Å². The predicted octanol–water partition coefficient (Wildman–Crippen LogP) is 2.14. The number of anilines is 1. The molecule has 6 nitrogen and oxygen atoms in total. The molecule has 0 radical (unpaired) electrons. The number of hydrogen-bond donors (Lipinski definition) is 3. The van der Waals surface area contributed by atoms with Crippen LogP contribution in [0.15, 0.2) is 52.4 Å². The molecule has 2 aromatic rings. The van der Waals surface area contributed by atoms with E-state index in [0.29, 0.717) is 0 Å². The molecule has 0 fully saturated rings. The molecule has 0 aromatic heterocycles. The van der Waals surface area contributed by atoms with Crippen molar-refractivity contribution in [2.45, 2.75) is 25.3 Å². The van der Waals surface area contributed by atoms with Crippen LogP contribution in [-0.2, 0) is 16.6 Å². The summed E-state index contributed by atoms with van der Waals surface area (Å²) in [4.78, 5) is 4.47. The van der Waals surface area contributed by atoms with Crippen molar-refractivity contribution in [3.05, 3.63) is 59.2 Å². The third kappa shape index (κ3) is 4.81. The Hall–Kier alpha value is -2.38. The summed E-state index contributed by atoms with van der Waals surface area (Å²) in [7, 11) is -2.08.